The maximum Gasteiger partial charge on any atom is 0.188 e. The van der Waals surface area contributed by atoms with Crippen molar-refractivity contribution in [3.63, 3.8) is 0 Å². The third-order valence-corrected chi connectivity index (χ3v) is 30.7. The van der Waals surface area contributed by atoms with Crippen LogP contribution in [0.3, 0.4) is 0 Å². The van der Waals surface area contributed by atoms with Crippen LogP contribution in [-0.4, -0.2) is 95.0 Å². The summed E-state index contributed by atoms with van der Waals surface area (Å²) in [5.74, 6) is 4.29. The van der Waals surface area contributed by atoms with Gasteiger partial charge in [0.2, 0.25) is 0 Å². The van der Waals surface area contributed by atoms with Crippen LogP contribution < -0.4 is 76.7 Å². The maximum atomic E-state index is 10.3. The van der Waals surface area contributed by atoms with Crippen molar-refractivity contribution in [2.24, 2.45) is 0 Å². The molecule has 0 aliphatic heterocycles. The number of aliphatic hydroxyl groups is 5. The summed E-state index contributed by atoms with van der Waals surface area (Å²) in [6, 6.07) is 129. The van der Waals surface area contributed by atoms with Gasteiger partial charge in [0.05, 0.1) is 30.5 Å². The molecule has 16 aromatic rings. The zero-order chi connectivity index (χ0) is 102. The minimum absolute atomic E-state index is 0.190. The van der Waals surface area contributed by atoms with Crippen LogP contribution in [0.1, 0.15) is 171 Å². The Kier molecular flexibility index (Phi) is 46.0. The summed E-state index contributed by atoms with van der Waals surface area (Å²) in [6.07, 6.45) is 2.46. The van der Waals surface area contributed by atoms with E-state index in [2.05, 4.69) is 268 Å². The Hall–Kier alpha value is -11.7. The van der Waals surface area contributed by atoms with E-state index in [4.69, 9.17) is 47.4 Å². The van der Waals surface area contributed by atoms with Crippen molar-refractivity contribution in [2.45, 2.75) is 118 Å². The number of hydrogen-bond acceptors (Lipinski definition) is 15. The lowest BCUT2D eigenvalue weighted by Gasteiger charge is -2.20. The van der Waals surface area contributed by atoms with Crippen LogP contribution >= 0.6 is 42.9 Å². The second-order valence-corrected chi connectivity index (χ2v) is 41.6. The number of para-hydroxylation sites is 2. The number of aliphatic hydroxyl groups excluding tert-OH is 5. The second-order valence-electron chi connectivity index (χ2n) is 35.0. The van der Waals surface area contributed by atoms with Crippen molar-refractivity contribution in [3.8, 4) is 28.7 Å². The van der Waals surface area contributed by atoms with Gasteiger partial charge in [0.15, 0.2) is 34.0 Å². The number of methoxy groups -OCH3 is 5. The summed E-state index contributed by atoms with van der Waals surface area (Å²) in [7, 11) is 10.1. The molecule has 0 saturated carbocycles. The van der Waals surface area contributed by atoms with Gasteiger partial charge < -0.3 is 72.9 Å². The fraction of sp³-hybridized carbons (Fsp3) is 0.226. The highest BCUT2D eigenvalue weighted by molar-refractivity contribution is 7.57. The fourth-order valence-electron chi connectivity index (χ4n) is 16.6. The highest BCUT2D eigenvalue weighted by Gasteiger charge is 2.23. The summed E-state index contributed by atoms with van der Waals surface area (Å²) >= 11 is 0. The number of benzene rings is 16. The van der Waals surface area contributed by atoms with Crippen LogP contribution in [0.25, 0.3) is 0 Å². The molecule has 16 aromatic carbocycles. The Morgan fingerprint density at radius 1 is 0.208 bits per heavy atom. The SMILES string of the molecule is COCOc1c(Cc2ccccc2)cc(Cc2ccccc2)cc1Pc1ccccc1C(C)O.COCOc1c(Cc2ccccc2)cccc1Pc1c(C)cccc1C(C)O.COCOc1c(Cc2ccccc2)cccc1Pc1ccccc1C(C)O.COCOc1ccc(Cc2ccccc2)cc1Pc1ccc(C)cc1C(C)O.COCOc1ccc(Cc2ccccc2)cc1Pc1ccccc1C(C)O. The third-order valence-electron chi connectivity index (χ3n) is 23.6. The number of hydrogen-bond donors (Lipinski definition) is 5. The fourth-order valence-corrected chi connectivity index (χ4v) is 23.9. The highest BCUT2D eigenvalue weighted by atomic mass is 31.1. The molecule has 144 heavy (non-hydrogen) atoms. The molecule has 0 spiro atoms. The van der Waals surface area contributed by atoms with Gasteiger partial charge >= 0.3 is 0 Å². The van der Waals surface area contributed by atoms with E-state index in [0.29, 0.717) is 42.9 Å². The minimum Gasteiger partial charge on any atom is -0.467 e. The third kappa shape index (κ3) is 34.8. The van der Waals surface area contributed by atoms with E-state index in [-0.39, 0.29) is 34.0 Å². The van der Waals surface area contributed by atoms with Crippen LogP contribution in [0.2, 0.25) is 0 Å². The zero-order valence-electron chi connectivity index (χ0n) is 84.3. The van der Waals surface area contributed by atoms with E-state index >= 15 is 0 Å². The van der Waals surface area contributed by atoms with Crippen LogP contribution in [0.15, 0.2) is 376 Å². The van der Waals surface area contributed by atoms with Gasteiger partial charge in [-0.15, -0.1) is 0 Å². The van der Waals surface area contributed by atoms with E-state index in [1.807, 2.05) is 143 Å². The first kappa shape index (κ1) is 111. The summed E-state index contributed by atoms with van der Waals surface area (Å²) in [5.41, 5.74) is 21.9. The number of rotatable bonds is 42. The van der Waals surface area contributed by atoms with Crippen LogP contribution in [-0.2, 0) is 62.2 Å². The van der Waals surface area contributed by atoms with Crippen molar-refractivity contribution >= 4 is 95.9 Å². The molecule has 16 rings (SSSR count). The quantitative estimate of drug-likeness (QED) is 0.0179. The lowest BCUT2D eigenvalue weighted by molar-refractivity contribution is 0.0511. The largest absolute Gasteiger partial charge is 0.467 e. The molecule has 0 bridgehead atoms. The molecule has 0 aliphatic rings. The van der Waals surface area contributed by atoms with E-state index in [1.165, 1.54) is 60.9 Å². The molecular formula is C124H135O15P5. The average Bonchev–Trinajstić information content (AvgIpc) is 0.818. The highest BCUT2D eigenvalue weighted by Crippen LogP contribution is 2.36. The minimum atomic E-state index is -0.525. The van der Waals surface area contributed by atoms with E-state index in [9.17, 15) is 25.5 Å². The molecule has 0 amide bonds. The lowest BCUT2D eigenvalue weighted by atomic mass is 9.98. The predicted octanol–water partition coefficient (Wildman–Crippen LogP) is 21.9. The van der Waals surface area contributed by atoms with Crippen molar-refractivity contribution < 1.29 is 72.9 Å². The normalized spacial score (nSPS) is 12.4. The maximum absolute atomic E-state index is 10.3. The van der Waals surface area contributed by atoms with Gasteiger partial charge in [0, 0.05) is 81.3 Å². The molecule has 0 radical (unpaired) electrons. The van der Waals surface area contributed by atoms with E-state index in [0.717, 1.165) is 165 Å². The summed E-state index contributed by atoms with van der Waals surface area (Å²) in [5, 5.41) is 62.3. The van der Waals surface area contributed by atoms with Crippen molar-refractivity contribution in [2.75, 3.05) is 69.5 Å². The Morgan fingerprint density at radius 3 is 0.868 bits per heavy atom. The number of ether oxygens (including phenoxy) is 10. The monoisotopic (exact) mass is 2020 g/mol. The number of aryl methyl sites for hydroxylation is 2. The molecule has 20 heteroatoms. The molecule has 5 N–H and O–H groups in total. The molecule has 0 fully saturated rings. The molecule has 0 heterocycles. The van der Waals surface area contributed by atoms with Gasteiger partial charge in [0.1, 0.15) is 28.7 Å². The van der Waals surface area contributed by atoms with E-state index < -0.39 is 30.5 Å². The van der Waals surface area contributed by atoms with Gasteiger partial charge in [-0.25, -0.2) is 0 Å². The van der Waals surface area contributed by atoms with E-state index in [1.54, 1.807) is 49.4 Å². The molecular weight excluding hydrogens is 1880 g/mol. The first-order valence-corrected chi connectivity index (χ1v) is 53.4. The summed E-state index contributed by atoms with van der Waals surface area (Å²) in [6.45, 7) is 14.2. The van der Waals surface area contributed by atoms with Crippen molar-refractivity contribution in [3.05, 3.63) is 482 Å². The smallest absolute Gasteiger partial charge is 0.188 e. The van der Waals surface area contributed by atoms with Crippen LogP contribution in [0.5, 0.6) is 28.7 Å². The Balaban J connectivity index is 0.000000161. The van der Waals surface area contributed by atoms with Gasteiger partial charge in [-0.05, 0) is 225 Å². The average molecular weight is 2020 g/mol. The van der Waals surface area contributed by atoms with Gasteiger partial charge in [-0.2, -0.15) is 0 Å². The van der Waals surface area contributed by atoms with Gasteiger partial charge in [-0.3, -0.25) is 0 Å². The topological polar surface area (TPSA) is 193 Å². The Morgan fingerprint density at radius 2 is 0.493 bits per heavy atom. The first-order valence-electron chi connectivity index (χ1n) is 48.4. The molecule has 10 unspecified atom stereocenters. The molecule has 0 saturated heterocycles. The molecule has 0 aliphatic carbocycles. The molecule has 10 atom stereocenters. The summed E-state index contributed by atoms with van der Waals surface area (Å²) in [4.78, 5) is 0. The van der Waals surface area contributed by atoms with Crippen LogP contribution in [0, 0.1) is 13.8 Å². The molecule has 746 valence electrons. The zero-order valence-corrected chi connectivity index (χ0v) is 89.3. The van der Waals surface area contributed by atoms with Crippen molar-refractivity contribution in [1.29, 1.82) is 0 Å². The Labute approximate surface area is 860 Å². The lowest BCUT2D eigenvalue weighted by Crippen LogP contribution is -2.17. The summed E-state index contributed by atoms with van der Waals surface area (Å²) < 4.78 is 55.6. The van der Waals surface area contributed by atoms with Crippen LogP contribution in [0.4, 0.5) is 0 Å². The first-order chi connectivity index (χ1) is 70.1. The predicted molar refractivity (Wildman–Crippen MR) is 603 cm³/mol. The molecule has 0 aromatic heterocycles. The van der Waals surface area contributed by atoms with Gasteiger partial charge in [0.25, 0.3) is 0 Å². The van der Waals surface area contributed by atoms with Crippen molar-refractivity contribution in [1.82, 2.24) is 0 Å². The van der Waals surface area contributed by atoms with Gasteiger partial charge in [-0.1, -0.05) is 394 Å². The Bertz CT molecular complexity index is 6500. The standard InChI is InChI=1S/C30H31O3P.2C24H27O3P.2C23H25O3P/c1-22(31)27-15-9-10-16-28(27)34-29-20-25(17-23-11-5-3-6-12-23)19-26(30(29)33-21-32-2)18-24-13-7-4-8-14-24;1-17-9-7-13-21(18(2)25)24(17)28-22-14-8-12-20(23(22)27-16-26-3)15-19-10-5-4-6-11-19;1-17-9-12-23(21(13-17)18(2)25)28-24-15-20(10-11-22(24)27-16-26-3)14-19-7-5-4-6-8-19;1-17(24)20-12-6-7-13-21(20)27-22-14-8-11-19(23(22)26-16-25-2)15-18-9-4-3-5-10-18;1-17(24)20-10-6-7-11-22(20)27-23-15-19(12-13-21(23)26-16-25-2)14-18-8-4-3-5-9-18/h3-16,19-20,22,31,34H,17-18,21H2,1-2H3;4-14,18,25,28H,15-16H2,1-3H3;4-13,15,18,25,28H,14,16H2,1-3H3;3-14,17,24,27H,15-16H2,1-2H3;3-13,15,17,24,27H,14,16H2,1-2H3. The second kappa shape index (κ2) is 59.6. The molecule has 15 nitrogen and oxygen atoms in total.